The van der Waals surface area contributed by atoms with Gasteiger partial charge in [-0.3, -0.25) is 4.79 Å². The Morgan fingerprint density at radius 1 is 1.44 bits per heavy atom. The minimum absolute atomic E-state index is 0.0926. The Morgan fingerprint density at radius 2 is 2.11 bits per heavy atom. The van der Waals surface area contributed by atoms with E-state index in [-0.39, 0.29) is 11.7 Å². The standard InChI is InChI=1S/C8H10O/c1-6-3-4-8(9)7(2)5-6/h3-5,7H,1-2H3. The lowest BCUT2D eigenvalue weighted by molar-refractivity contribution is -0.116. The fraction of sp³-hybridized carbons (Fsp3) is 0.375. The summed E-state index contributed by atoms with van der Waals surface area (Å²) < 4.78 is 0. The molecule has 0 saturated carbocycles. The van der Waals surface area contributed by atoms with Crippen LogP contribution in [0.15, 0.2) is 23.8 Å². The monoisotopic (exact) mass is 122 g/mol. The van der Waals surface area contributed by atoms with E-state index in [9.17, 15) is 4.79 Å². The van der Waals surface area contributed by atoms with Crippen molar-refractivity contribution in [3.05, 3.63) is 23.8 Å². The Morgan fingerprint density at radius 3 is 2.56 bits per heavy atom. The number of hydrogen-bond donors (Lipinski definition) is 0. The van der Waals surface area contributed by atoms with Crippen LogP contribution in [-0.2, 0) is 4.79 Å². The summed E-state index contributed by atoms with van der Waals surface area (Å²) in [6.45, 7) is 3.91. The van der Waals surface area contributed by atoms with Crippen LogP contribution in [0.5, 0.6) is 0 Å². The molecule has 0 aromatic carbocycles. The number of allylic oxidation sites excluding steroid dienone is 4. The van der Waals surface area contributed by atoms with Crippen molar-refractivity contribution < 1.29 is 4.79 Å². The summed E-state index contributed by atoms with van der Waals surface area (Å²) in [7, 11) is 0. The number of carbonyl (C=O) groups excluding carboxylic acids is 1. The van der Waals surface area contributed by atoms with Gasteiger partial charge in [-0.2, -0.15) is 0 Å². The van der Waals surface area contributed by atoms with E-state index in [1.165, 1.54) is 5.57 Å². The van der Waals surface area contributed by atoms with E-state index in [1.54, 1.807) is 6.08 Å². The molecule has 1 aliphatic rings. The molecule has 9 heavy (non-hydrogen) atoms. The largest absolute Gasteiger partial charge is 0.294 e. The molecule has 0 aliphatic heterocycles. The Kier molecular flexibility index (Phi) is 1.52. The van der Waals surface area contributed by atoms with Gasteiger partial charge in [-0.1, -0.05) is 24.6 Å². The highest BCUT2D eigenvalue weighted by Gasteiger charge is 2.09. The maximum absolute atomic E-state index is 10.8. The van der Waals surface area contributed by atoms with Crippen LogP contribution in [0, 0.1) is 5.92 Å². The lowest BCUT2D eigenvalue weighted by Crippen LogP contribution is -2.07. The maximum Gasteiger partial charge on any atom is 0.162 e. The quantitative estimate of drug-likeness (QED) is 0.478. The van der Waals surface area contributed by atoms with Gasteiger partial charge >= 0.3 is 0 Å². The first-order chi connectivity index (χ1) is 4.20. The van der Waals surface area contributed by atoms with Gasteiger partial charge in [0.2, 0.25) is 0 Å². The van der Waals surface area contributed by atoms with Gasteiger partial charge < -0.3 is 0 Å². The van der Waals surface area contributed by atoms with Gasteiger partial charge in [0.15, 0.2) is 5.78 Å². The van der Waals surface area contributed by atoms with Crippen molar-refractivity contribution >= 4 is 5.78 Å². The van der Waals surface area contributed by atoms with E-state index in [0.29, 0.717) is 0 Å². The van der Waals surface area contributed by atoms with Crippen LogP contribution in [-0.4, -0.2) is 5.78 Å². The van der Waals surface area contributed by atoms with Crippen LogP contribution in [0.25, 0.3) is 0 Å². The Balaban J connectivity index is 2.82. The second-order valence-electron chi connectivity index (χ2n) is 2.44. The fourth-order valence-electron chi connectivity index (χ4n) is 0.897. The van der Waals surface area contributed by atoms with Crippen molar-refractivity contribution in [3.8, 4) is 0 Å². The molecule has 0 saturated heterocycles. The third-order valence-electron chi connectivity index (χ3n) is 1.47. The van der Waals surface area contributed by atoms with Gasteiger partial charge in [0, 0.05) is 5.92 Å². The van der Waals surface area contributed by atoms with E-state index in [1.807, 2.05) is 26.0 Å². The van der Waals surface area contributed by atoms with Crippen LogP contribution in [0.4, 0.5) is 0 Å². The molecule has 0 N–H and O–H groups in total. The van der Waals surface area contributed by atoms with Crippen molar-refractivity contribution in [2.24, 2.45) is 5.92 Å². The van der Waals surface area contributed by atoms with E-state index in [0.717, 1.165) is 0 Å². The molecule has 0 fully saturated rings. The zero-order valence-corrected chi connectivity index (χ0v) is 5.72. The average molecular weight is 122 g/mol. The molecule has 1 atom stereocenters. The third-order valence-corrected chi connectivity index (χ3v) is 1.47. The van der Waals surface area contributed by atoms with Crippen molar-refractivity contribution in [1.82, 2.24) is 0 Å². The van der Waals surface area contributed by atoms with Crippen LogP contribution in [0.2, 0.25) is 0 Å². The molecule has 48 valence electrons. The van der Waals surface area contributed by atoms with Gasteiger partial charge in [-0.05, 0) is 13.0 Å². The third kappa shape index (κ3) is 1.28. The summed E-state index contributed by atoms with van der Waals surface area (Å²) in [5.74, 6) is 0.301. The molecule has 1 aliphatic carbocycles. The van der Waals surface area contributed by atoms with Gasteiger partial charge in [-0.15, -0.1) is 0 Å². The summed E-state index contributed by atoms with van der Waals surface area (Å²) in [6, 6.07) is 0. The Hall–Kier alpha value is -0.850. The van der Waals surface area contributed by atoms with Gasteiger partial charge in [0.25, 0.3) is 0 Å². The summed E-state index contributed by atoms with van der Waals surface area (Å²) in [6.07, 6.45) is 5.46. The summed E-state index contributed by atoms with van der Waals surface area (Å²) >= 11 is 0. The maximum atomic E-state index is 10.8. The number of ketones is 1. The molecule has 0 aromatic rings. The van der Waals surface area contributed by atoms with Crippen LogP contribution in [0.1, 0.15) is 13.8 Å². The smallest absolute Gasteiger partial charge is 0.162 e. The normalized spacial score (nSPS) is 26.2. The first-order valence-corrected chi connectivity index (χ1v) is 3.10. The molecular weight excluding hydrogens is 112 g/mol. The molecule has 1 rings (SSSR count). The summed E-state index contributed by atoms with van der Waals surface area (Å²) in [4.78, 5) is 10.8. The molecule has 0 amide bonds. The number of hydrogen-bond acceptors (Lipinski definition) is 1. The Bertz CT molecular complexity index is 187. The van der Waals surface area contributed by atoms with Crippen LogP contribution < -0.4 is 0 Å². The second-order valence-corrected chi connectivity index (χ2v) is 2.44. The predicted molar refractivity (Wildman–Crippen MR) is 37.1 cm³/mol. The highest BCUT2D eigenvalue weighted by Crippen LogP contribution is 2.11. The van der Waals surface area contributed by atoms with Gasteiger partial charge in [0.05, 0.1) is 0 Å². The molecule has 0 heterocycles. The molecule has 1 heteroatoms. The molecular formula is C8H10O. The number of carbonyl (C=O) groups is 1. The van der Waals surface area contributed by atoms with Crippen LogP contribution in [0.3, 0.4) is 0 Å². The lowest BCUT2D eigenvalue weighted by atomic mass is 9.98. The summed E-state index contributed by atoms with van der Waals surface area (Å²) in [5.41, 5.74) is 1.18. The molecule has 0 radical (unpaired) electrons. The van der Waals surface area contributed by atoms with E-state index < -0.39 is 0 Å². The first kappa shape index (κ1) is 6.27. The van der Waals surface area contributed by atoms with E-state index in [4.69, 9.17) is 0 Å². The first-order valence-electron chi connectivity index (χ1n) is 3.10. The predicted octanol–water partition coefficient (Wildman–Crippen LogP) is 1.71. The minimum Gasteiger partial charge on any atom is -0.294 e. The summed E-state index contributed by atoms with van der Waals surface area (Å²) in [5, 5.41) is 0. The topological polar surface area (TPSA) is 17.1 Å². The van der Waals surface area contributed by atoms with E-state index in [2.05, 4.69) is 0 Å². The van der Waals surface area contributed by atoms with Crippen molar-refractivity contribution in [1.29, 1.82) is 0 Å². The molecule has 0 spiro atoms. The Labute approximate surface area is 55.1 Å². The highest BCUT2D eigenvalue weighted by molar-refractivity contribution is 5.94. The second kappa shape index (κ2) is 2.18. The van der Waals surface area contributed by atoms with Crippen molar-refractivity contribution in [3.63, 3.8) is 0 Å². The molecule has 0 aromatic heterocycles. The molecule has 1 unspecified atom stereocenters. The zero-order valence-electron chi connectivity index (χ0n) is 5.72. The van der Waals surface area contributed by atoms with E-state index >= 15 is 0 Å². The average Bonchev–Trinajstić information content (AvgIpc) is 1.80. The number of rotatable bonds is 0. The highest BCUT2D eigenvalue weighted by atomic mass is 16.1. The van der Waals surface area contributed by atoms with Crippen LogP contribution >= 0.6 is 0 Å². The lowest BCUT2D eigenvalue weighted by Gasteiger charge is -2.06. The van der Waals surface area contributed by atoms with Gasteiger partial charge in [-0.25, -0.2) is 0 Å². The molecule has 1 nitrogen and oxygen atoms in total. The van der Waals surface area contributed by atoms with Gasteiger partial charge in [0.1, 0.15) is 0 Å². The molecule has 0 bridgehead atoms. The fourth-order valence-corrected chi connectivity index (χ4v) is 0.897. The van der Waals surface area contributed by atoms with Crippen molar-refractivity contribution in [2.45, 2.75) is 13.8 Å². The minimum atomic E-state index is 0.0926. The SMILES string of the molecule is CC1=CC(C)C(=O)C=C1. The van der Waals surface area contributed by atoms with Crippen molar-refractivity contribution in [2.75, 3.05) is 0 Å². The zero-order chi connectivity index (χ0) is 6.85.